The Bertz CT molecular complexity index is 1050. The third-order valence-electron chi connectivity index (χ3n) is 5.96. The summed E-state index contributed by atoms with van der Waals surface area (Å²) in [6.45, 7) is 6.02. The number of nitrogens with zero attached hydrogens (tertiary/aromatic N) is 1. The second-order valence-electron chi connectivity index (χ2n) is 7.98. The van der Waals surface area contributed by atoms with Gasteiger partial charge in [0.2, 0.25) is 0 Å². The van der Waals surface area contributed by atoms with Gasteiger partial charge in [0.25, 0.3) is 0 Å². The second kappa shape index (κ2) is 8.22. The summed E-state index contributed by atoms with van der Waals surface area (Å²) in [5, 5.41) is 9.13. The molecule has 0 bridgehead atoms. The standard InChI is InChI=1S/C26H27NO2/c1-18-7-3-4-9-23(18)25-11-5-10-24(19(25)2)21-12-13-22-16-27(17-26(28)29)14-6-8-20(22)15-21/h3-5,7,9-13,15H,6,8,14,16-17H2,1-2H3,(H,28,29). The second-order valence-corrected chi connectivity index (χ2v) is 7.98. The van der Waals surface area contributed by atoms with Crippen LogP contribution < -0.4 is 0 Å². The van der Waals surface area contributed by atoms with Gasteiger partial charge >= 0.3 is 5.97 Å². The lowest BCUT2D eigenvalue weighted by molar-refractivity contribution is -0.138. The van der Waals surface area contributed by atoms with Gasteiger partial charge in [0.1, 0.15) is 0 Å². The molecule has 1 aliphatic heterocycles. The van der Waals surface area contributed by atoms with E-state index in [1.165, 1.54) is 44.5 Å². The van der Waals surface area contributed by atoms with Crippen LogP contribution in [0.1, 0.15) is 28.7 Å². The van der Waals surface area contributed by atoms with Gasteiger partial charge in [0.15, 0.2) is 0 Å². The highest BCUT2D eigenvalue weighted by molar-refractivity contribution is 5.80. The lowest BCUT2D eigenvalue weighted by Crippen LogP contribution is -2.29. The van der Waals surface area contributed by atoms with E-state index in [-0.39, 0.29) is 6.54 Å². The van der Waals surface area contributed by atoms with E-state index >= 15 is 0 Å². The van der Waals surface area contributed by atoms with Crippen LogP contribution in [0.3, 0.4) is 0 Å². The minimum atomic E-state index is -0.756. The molecule has 0 amide bonds. The highest BCUT2D eigenvalue weighted by atomic mass is 16.4. The third kappa shape index (κ3) is 4.10. The monoisotopic (exact) mass is 385 g/mol. The molecule has 0 radical (unpaired) electrons. The number of rotatable bonds is 4. The van der Waals surface area contributed by atoms with Crippen LogP contribution in [0.5, 0.6) is 0 Å². The minimum absolute atomic E-state index is 0.110. The van der Waals surface area contributed by atoms with Crippen molar-refractivity contribution < 1.29 is 9.90 Å². The number of hydrogen-bond acceptors (Lipinski definition) is 2. The number of carbonyl (C=O) groups is 1. The maximum atomic E-state index is 11.1. The molecule has 3 aromatic carbocycles. The summed E-state index contributed by atoms with van der Waals surface area (Å²) in [5.74, 6) is -0.756. The van der Waals surface area contributed by atoms with Crippen LogP contribution >= 0.6 is 0 Å². The van der Waals surface area contributed by atoms with Crippen molar-refractivity contribution in [2.45, 2.75) is 33.2 Å². The normalized spacial score (nSPS) is 14.3. The fourth-order valence-electron chi connectivity index (χ4n) is 4.44. The Kier molecular flexibility index (Phi) is 5.50. The fraction of sp³-hybridized carbons (Fsp3) is 0.269. The van der Waals surface area contributed by atoms with E-state index in [9.17, 15) is 4.79 Å². The summed E-state index contributed by atoms with van der Waals surface area (Å²) in [4.78, 5) is 13.1. The first-order valence-corrected chi connectivity index (χ1v) is 10.2. The molecule has 4 rings (SSSR count). The van der Waals surface area contributed by atoms with Crippen LogP contribution in [-0.4, -0.2) is 29.1 Å². The number of benzene rings is 3. The van der Waals surface area contributed by atoms with Gasteiger partial charge in [-0.1, -0.05) is 60.7 Å². The van der Waals surface area contributed by atoms with E-state index in [1.54, 1.807) is 0 Å². The molecule has 1 aliphatic rings. The van der Waals surface area contributed by atoms with Crippen molar-refractivity contribution >= 4 is 5.97 Å². The average Bonchev–Trinajstić information content (AvgIpc) is 2.89. The number of hydrogen-bond donors (Lipinski definition) is 1. The van der Waals surface area contributed by atoms with E-state index in [4.69, 9.17) is 5.11 Å². The molecule has 3 heteroatoms. The molecule has 29 heavy (non-hydrogen) atoms. The molecule has 3 nitrogen and oxygen atoms in total. The summed E-state index contributed by atoms with van der Waals surface area (Å²) in [6, 6.07) is 21.8. The van der Waals surface area contributed by atoms with Gasteiger partial charge in [-0.15, -0.1) is 0 Å². The number of aryl methyl sites for hydroxylation is 2. The molecular weight excluding hydrogens is 358 g/mol. The van der Waals surface area contributed by atoms with Crippen LogP contribution in [0.4, 0.5) is 0 Å². The van der Waals surface area contributed by atoms with E-state index in [2.05, 4.69) is 74.5 Å². The molecule has 148 valence electrons. The highest BCUT2D eigenvalue weighted by Crippen LogP contribution is 2.34. The maximum absolute atomic E-state index is 11.1. The first-order chi connectivity index (χ1) is 14.0. The van der Waals surface area contributed by atoms with Crippen LogP contribution in [0.15, 0.2) is 60.7 Å². The SMILES string of the molecule is Cc1ccccc1-c1cccc(-c2ccc3c(c2)CCCN(CC(=O)O)C3)c1C. The highest BCUT2D eigenvalue weighted by Gasteiger charge is 2.18. The molecular formula is C26H27NO2. The van der Waals surface area contributed by atoms with Gasteiger partial charge in [0.05, 0.1) is 6.54 Å². The third-order valence-corrected chi connectivity index (χ3v) is 5.96. The largest absolute Gasteiger partial charge is 0.480 e. The van der Waals surface area contributed by atoms with E-state index in [1.807, 2.05) is 4.90 Å². The van der Waals surface area contributed by atoms with E-state index in [0.29, 0.717) is 6.54 Å². The van der Waals surface area contributed by atoms with Crippen molar-refractivity contribution in [3.8, 4) is 22.3 Å². The average molecular weight is 386 g/mol. The van der Waals surface area contributed by atoms with Gasteiger partial charge in [-0.3, -0.25) is 9.69 Å². The van der Waals surface area contributed by atoms with Gasteiger partial charge in [-0.25, -0.2) is 0 Å². The Balaban J connectivity index is 1.70. The number of fused-ring (bicyclic) bond motifs is 1. The molecule has 0 unspecified atom stereocenters. The lowest BCUT2D eigenvalue weighted by atomic mass is 9.89. The number of carboxylic acid groups (broad SMARTS) is 1. The predicted molar refractivity (Wildman–Crippen MR) is 118 cm³/mol. The van der Waals surface area contributed by atoms with Crippen molar-refractivity contribution in [2.24, 2.45) is 0 Å². The molecule has 0 aliphatic carbocycles. The van der Waals surface area contributed by atoms with Crippen LogP contribution in [-0.2, 0) is 17.8 Å². The molecule has 0 atom stereocenters. The van der Waals surface area contributed by atoms with Crippen LogP contribution in [0.25, 0.3) is 22.3 Å². The first-order valence-electron chi connectivity index (χ1n) is 10.2. The lowest BCUT2D eigenvalue weighted by Gasteiger charge is -2.18. The molecule has 0 saturated heterocycles. The van der Waals surface area contributed by atoms with Crippen molar-refractivity contribution in [3.63, 3.8) is 0 Å². The smallest absolute Gasteiger partial charge is 0.317 e. The Hall–Kier alpha value is -2.91. The first kappa shape index (κ1) is 19.4. The van der Waals surface area contributed by atoms with E-state index in [0.717, 1.165) is 19.4 Å². The topological polar surface area (TPSA) is 40.5 Å². The Morgan fingerprint density at radius 3 is 2.48 bits per heavy atom. The number of aliphatic carboxylic acids is 1. The summed E-state index contributed by atoms with van der Waals surface area (Å²) < 4.78 is 0. The zero-order valence-electron chi connectivity index (χ0n) is 17.1. The van der Waals surface area contributed by atoms with Crippen LogP contribution in [0.2, 0.25) is 0 Å². The molecule has 0 fully saturated rings. The van der Waals surface area contributed by atoms with E-state index < -0.39 is 5.97 Å². The molecule has 3 aromatic rings. The molecule has 1 heterocycles. The Labute approximate surface area is 172 Å². The molecule has 0 spiro atoms. The fourth-order valence-corrected chi connectivity index (χ4v) is 4.44. The van der Waals surface area contributed by atoms with Crippen molar-refractivity contribution in [3.05, 3.63) is 82.9 Å². The van der Waals surface area contributed by atoms with Gasteiger partial charge < -0.3 is 5.11 Å². The number of carboxylic acids is 1. The van der Waals surface area contributed by atoms with Crippen molar-refractivity contribution in [2.75, 3.05) is 13.1 Å². The van der Waals surface area contributed by atoms with Gasteiger partial charge in [0, 0.05) is 6.54 Å². The van der Waals surface area contributed by atoms with Crippen LogP contribution in [0, 0.1) is 13.8 Å². The Morgan fingerprint density at radius 2 is 1.69 bits per heavy atom. The zero-order chi connectivity index (χ0) is 20.4. The molecule has 1 N–H and O–H groups in total. The minimum Gasteiger partial charge on any atom is -0.480 e. The van der Waals surface area contributed by atoms with Crippen molar-refractivity contribution in [1.82, 2.24) is 4.90 Å². The zero-order valence-corrected chi connectivity index (χ0v) is 17.1. The quantitative estimate of drug-likeness (QED) is 0.647. The summed E-state index contributed by atoms with van der Waals surface area (Å²) in [6.07, 6.45) is 1.99. The van der Waals surface area contributed by atoms with Gasteiger partial charge in [-0.2, -0.15) is 0 Å². The summed E-state index contributed by atoms with van der Waals surface area (Å²) in [5.41, 5.74) is 10.2. The van der Waals surface area contributed by atoms with Crippen molar-refractivity contribution in [1.29, 1.82) is 0 Å². The predicted octanol–water partition coefficient (Wildman–Crippen LogP) is 5.47. The Morgan fingerprint density at radius 1 is 0.931 bits per heavy atom. The molecule has 0 aromatic heterocycles. The van der Waals surface area contributed by atoms with Gasteiger partial charge in [-0.05, 0) is 77.7 Å². The molecule has 0 saturated carbocycles. The summed E-state index contributed by atoms with van der Waals surface area (Å²) >= 11 is 0. The summed E-state index contributed by atoms with van der Waals surface area (Å²) in [7, 11) is 0. The maximum Gasteiger partial charge on any atom is 0.317 e.